The van der Waals surface area contributed by atoms with Crippen LogP contribution < -0.4 is 0 Å². The fourth-order valence-electron chi connectivity index (χ4n) is 2.18. The van der Waals surface area contributed by atoms with Crippen LogP contribution in [-0.4, -0.2) is 6.29 Å². The second kappa shape index (κ2) is 5.21. The van der Waals surface area contributed by atoms with Gasteiger partial charge >= 0.3 is 0 Å². The highest BCUT2D eigenvalue weighted by molar-refractivity contribution is 5.72. The number of carbonyl (C=O) groups excluding carboxylic acids is 1. The maximum Gasteiger partial charge on any atom is 0.145 e. The van der Waals surface area contributed by atoms with Gasteiger partial charge in [-0.25, -0.2) is 0 Å². The van der Waals surface area contributed by atoms with E-state index in [0.29, 0.717) is 5.92 Å². The van der Waals surface area contributed by atoms with E-state index >= 15 is 0 Å². The molecule has 1 saturated carbocycles. The molecule has 0 aromatic heterocycles. The molecule has 1 aliphatic carbocycles. The molecule has 1 nitrogen and oxygen atoms in total. The van der Waals surface area contributed by atoms with Crippen molar-refractivity contribution in [2.45, 2.75) is 46.0 Å². The molecule has 2 atom stereocenters. The summed E-state index contributed by atoms with van der Waals surface area (Å²) in [5.74, 6) is 1.52. The van der Waals surface area contributed by atoms with E-state index in [9.17, 15) is 4.79 Å². The van der Waals surface area contributed by atoms with Crippen LogP contribution in [0.2, 0.25) is 0 Å². The summed E-state index contributed by atoms with van der Waals surface area (Å²) in [7, 11) is 0. The van der Waals surface area contributed by atoms with Crippen molar-refractivity contribution < 1.29 is 4.79 Å². The Morgan fingerprint density at radius 2 is 2.23 bits per heavy atom. The van der Waals surface area contributed by atoms with Crippen molar-refractivity contribution in [2.75, 3.05) is 0 Å². The van der Waals surface area contributed by atoms with E-state index in [2.05, 4.69) is 13.0 Å². The highest BCUT2D eigenvalue weighted by atomic mass is 16.1. The first-order chi connectivity index (χ1) is 6.26. The molecule has 0 aromatic rings. The van der Waals surface area contributed by atoms with Crippen molar-refractivity contribution in [3.63, 3.8) is 0 Å². The monoisotopic (exact) mass is 180 g/mol. The summed E-state index contributed by atoms with van der Waals surface area (Å²) in [5.41, 5.74) is 0.985. The van der Waals surface area contributed by atoms with Gasteiger partial charge in [-0.3, -0.25) is 4.79 Å². The smallest absolute Gasteiger partial charge is 0.145 e. The quantitative estimate of drug-likeness (QED) is 0.481. The van der Waals surface area contributed by atoms with Gasteiger partial charge < -0.3 is 0 Å². The molecule has 0 aromatic carbocycles. The van der Waals surface area contributed by atoms with Crippen molar-refractivity contribution in [1.29, 1.82) is 0 Å². The summed E-state index contributed by atoms with van der Waals surface area (Å²) in [6, 6.07) is 0. The zero-order chi connectivity index (χ0) is 9.68. The van der Waals surface area contributed by atoms with Gasteiger partial charge in [-0.1, -0.05) is 32.8 Å². The Morgan fingerprint density at radius 1 is 1.46 bits per heavy atom. The number of hydrogen-bond donors (Lipinski definition) is 0. The van der Waals surface area contributed by atoms with Crippen LogP contribution in [0.5, 0.6) is 0 Å². The van der Waals surface area contributed by atoms with Gasteiger partial charge in [0.2, 0.25) is 0 Å². The van der Waals surface area contributed by atoms with Gasteiger partial charge in [0.05, 0.1) is 0 Å². The summed E-state index contributed by atoms with van der Waals surface area (Å²) in [6.45, 7) is 4.36. The molecule has 0 spiro atoms. The highest BCUT2D eigenvalue weighted by Crippen LogP contribution is 2.30. The minimum atomic E-state index is 0.670. The van der Waals surface area contributed by atoms with Gasteiger partial charge in [0.15, 0.2) is 0 Å². The number of aldehydes is 1. The molecule has 2 unspecified atom stereocenters. The molecule has 0 saturated heterocycles. The van der Waals surface area contributed by atoms with Gasteiger partial charge in [0.1, 0.15) is 6.29 Å². The molecule has 0 aliphatic heterocycles. The first-order valence-corrected chi connectivity index (χ1v) is 5.42. The maximum atomic E-state index is 10.6. The first-order valence-electron chi connectivity index (χ1n) is 5.42. The van der Waals surface area contributed by atoms with Crippen molar-refractivity contribution >= 4 is 6.29 Å². The van der Waals surface area contributed by atoms with Crippen LogP contribution in [0.3, 0.4) is 0 Å². The van der Waals surface area contributed by atoms with Gasteiger partial charge in [0, 0.05) is 0 Å². The van der Waals surface area contributed by atoms with Gasteiger partial charge in [0.25, 0.3) is 0 Å². The molecule has 13 heavy (non-hydrogen) atoms. The molecule has 0 heterocycles. The van der Waals surface area contributed by atoms with Crippen LogP contribution >= 0.6 is 0 Å². The van der Waals surface area contributed by atoms with Crippen LogP contribution in [-0.2, 0) is 4.79 Å². The summed E-state index contributed by atoms with van der Waals surface area (Å²) in [4.78, 5) is 10.6. The molecular weight excluding hydrogens is 160 g/mol. The Bertz CT molecular complexity index is 193. The lowest BCUT2D eigenvalue weighted by Gasteiger charge is -2.24. The lowest BCUT2D eigenvalue weighted by atomic mass is 9.81. The zero-order valence-electron chi connectivity index (χ0n) is 8.75. The topological polar surface area (TPSA) is 17.1 Å². The van der Waals surface area contributed by atoms with Crippen molar-refractivity contribution in [3.8, 4) is 0 Å². The molecule has 1 rings (SSSR count). The lowest BCUT2D eigenvalue weighted by molar-refractivity contribution is -0.105. The summed E-state index contributed by atoms with van der Waals surface area (Å²) < 4.78 is 0. The standard InChI is InChI=1S/C12H20O/c1-3-11(9-13)8-12-6-4-5-10(2)7-12/h8-10,12H,3-7H2,1-2H3. The second-order valence-electron chi connectivity index (χ2n) is 4.24. The Balaban J connectivity index is 2.50. The molecular formula is C12H20O. The normalized spacial score (nSPS) is 30.2. The number of allylic oxidation sites excluding steroid dienone is 2. The SMILES string of the molecule is CCC(C=O)=CC1CCCC(C)C1. The molecule has 74 valence electrons. The Kier molecular flexibility index (Phi) is 4.20. The number of rotatable bonds is 3. The molecule has 0 N–H and O–H groups in total. The van der Waals surface area contributed by atoms with Crippen molar-refractivity contribution in [1.82, 2.24) is 0 Å². The van der Waals surface area contributed by atoms with Crippen molar-refractivity contribution in [2.24, 2.45) is 11.8 Å². The molecule has 0 amide bonds. The second-order valence-corrected chi connectivity index (χ2v) is 4.24. The van der Waals surface area contributed by atoms with Crippen LogP contribution in [0.1, 0.15) is 46.0 Å². The fraction of sp³-hybridized carbons (Fsp3) is 0.750. The van der Waals surface area contributed by atoms with E-state index in [1.165, 1.54) is 25.7 Å². The van der Waals surface area contributed by atoms with E-state index in [4.69, 9.17) is 0 Å². The lowest BCUT2D eigenvalue weighted by Crippen LogP contribution is -2.11. The molecule has 0 bridgehead atoms. The van der Waals surface area contributed by atoms with Crippen LogP contribution in [0.25, 0.3) is 0 Å². The van der Waals surface area contributed by atoms with E-state index in [1.54, 1.807) is 0 Å². The Morgan fingerprint density at radius 3 is 2.77 bits per heavy atom. The first kappa shape index (κ1) is 10.5. The van der Waals surface area contributed by atoms with E-state index < -0.39 is 0 Å². The molecule has 1 fully saturated rings. The average molecular weight is 180 g/mol. The number of carbonyl (C=O) groups is 1. The summed E-state index contributed by atoms with van der Waals surface area (Å²) in [5, 5.41) is 0. The summed E-state index contributed by atoms with van der Waals surface area (Å²) >= 11 is 0. The van der Waals surface area contributed by atoms with E-state index in [0.717, 1.165) is 24.2 Å². The van der Waals surface area contributed by atoms with E-state index in [1.807, 2.05) is 6.92 Å². The zero-order valence-corrected chi connectivity index (χ0v) is 8.75. The maximum absolute atomic E-state index is 10.6. The summed E-state index contributed by atoms with van der Waals surface area (Å²) in [6.07, 6.45) is 9.35. The number of hydrogen-bond acceptors (Lipinski definition) is 1. The third kappa shape index (κ3) is 3.33. The van der Waals surface area contributed by atoms with Gasteiger partial charge in [-0.05, 0) is 36.7 Å². The molecule has 1 aliphatic rings. The fourth-order valence-corrected chi connectivity index (χ4v) is 2.18. The average Bonchev–Trinajstić information content (AvgIpc) is 2.14. The third-order valence-corrected chi connectivity index (χ3v) is 2.99. The molecule has 1 heteroatoms. The minimum Gasteiger partial charge on any atom is -0.298 e. The predicted octanol–water partition coefficient (Wildman–Crippen LogP) is 3.35. The highest BCUT2D eigenvalue weighted by Gasteiger charge is 2.16. The Labute approximate surface area is 81.2 Å². The molecule has 0 radical (unpaired) electrons. The van der Waals surface area contributed by atoms with Gasteiger partial charge in [-0.15, -0.1) is 0 Å². The Hall–Kier alpha value is -0.590. The van der Waals surface area contributed by atoms with Crippen LogP contribution in [0.15, 0.2) is 11.6 Å². The van der Waals surface area contributed by atoms with E-state index in [-0.39, 0.29) is 0 Å². The predicted molar refractivity (Wildman–Crippen MR) is 55.6 cm³/mol. The van der Waals surface area contributed by atoms with Gasteiger partial charge in [-0.2, -0.15) is 0 Å². The minimum absolute atomic E-state index is 0.670. The van der Waals surface area contributed by atoms with Crippen molar-refractivity contribution in [3.05, 3.63) is 11.6 Å². The third-order valence-electron chi connectivity index (χ3n) is 2.99. The van der Waals surface area contributed by atoms with Crippen LogP contribution in [0, 0.1) is 11.8 Å². The largest absolute Gasteiger partial charge is 0.298 e. The van der Waals surface area contributed by atoms with Crippen LogP contribution in [0.4, 0.5) is 0 Å².